The van der Waals surface area contributed by atoms with Crippen LogP contribution in [0.2, 0.25) is 0 Å². The van der Waals surface area contributed by atoms with Crippen LogP contribution in [-0.4, -0.2) is 11.8 Å². The molecule has 0 saturated heterocycles. The number of benzene rings is 2. The van der Waals surface area contributed by atoms with Gasteiger partial charge in [0.05, 0.1) is 6.61 Å². The number of alkyl halides is 2. The highest BCUT2D eigenvalue weighted by molar-refractivity contribution is 7.80. The maximum atomic E-state index is 13.4. The molecule has 0 spiro atoms. The van der Waals surface area contributed by atoms with Crippen LogP contribution in [0.3, 0.4) is 0 Å². The van der Waals surface area contributed by atoms with Gasteiger partial charge in [0.15, 0.2) is 0 Å². The van der Waals surface area contributed by atoms with E-state index in [0.717, 1.165) is 12.0 Å². The van der Waals surface area contributed by atoms with Crippen LogP contribution in [0.1, 0.15) is 42.5 Å². The third kappa shape index (κ3) is 5.14. The Morgan fingerprint density at radius 1 is 1.19 bits per heavy atom. The molecule has 26 heavy (non-hydrogen) atoms. The topological polar surface area (TPSA) is 30.5 Å². The summed E-state index contributed by atoms with van der Waals surface area (Å²) in [4.78, 5) is 0. The highest BCUT2D eigenvalue weighted by Gasteiger charge is 2.18. The first-order valence-corrected chi connectivity index (χ1v) is 8.93. The maximum Gasteiger partial charge on any atom is 0.264 e. The van der Waals surface area contributed by atoms with E-state index in [4.69, 9.17) is 21.7 Å². The molecule has 1 N–H and O–H groups in total. The SMILES string of the molecule is CCOC(=S)Nc1cccc(C(F)F)c1COc1ccc(CC)cc1C. The van der Waals surface area contributed by atoms with Crippen LogP contribution in [0.5, 0.6) is 5.75 Å². The summed E-state index contributed by atoms with van der Waals surface area (Å²) in [5, 5.41) is 3.01. The van der Waals surface area contributed by atoms with Gasteiger partial charge < -0.3 is 14.8 Å². The predicted molar refractivity (Wildman–Crippen MR) is 104 cm³/mol. The molecule has 0 saturated carbocycles. The van der Waals surface area contributed by atoms with E-state index in [9.17, 15) is 8.78 Å². The van der Waals surface area contributed by atoms with E-state index in [1.54, 1.807) is 19.1 Å². The van der Waals surface area contributed by atoms with E-state index >= 15 is 0 Å². The van der Waals surface area contributed by atoms with Gasteiger partial charge in [0, 0.05) is 16.8 Å². The highest BCUT2D eigenvalue weighted by atomic mass is 32.1. The lowest BCUT2D eigenvalue weighted by molar-refractivity contribution is 0.148. The van der Waals surface area contributed by atoms with Crippen LogP contribution in [0.4, 0.5) is 14.5 Å². The van der Waals surface area contributed by atoms with Gasteiger partial charge in [-0.3, -0.25) is 0 Å². The van der Waals surface area contributed by atoms with Crippen LogP contribution < -0.4 is 10.1 Å². The zero-order chi connectivity index (χ0) is 19.1. The highest BCUT2D eigenvalue weighted by Crippen LogP contribution is 2.30. The van der Waals surface area contributed by atoms with Crippen LogP contribution in [0.15, 0.2) is 36.4 Å². The molecule has 0 aliphatic carbocycles. The Labute approximate surface area is 158 Å². The third-order valence-electron chi connectivity index (χ3n) is 3.98. The van der Waals surface area contributed by atoms with Gasteiger partial charge in [-0.05, 0) is 55.7 Å². The molecule has 0 fully saturated rings. The second-order valence-corrected chi connectivity index (χ2v) is 6.13. The summed E-state index contributed by atoms with van der Waals surface area (Å²) in [5.74, 6) is 0.671. The van der Waals surface area contributed by atoms with Crippen LogP contribution in [-0.2, 0) is 17.8 Å². The molecule has 0 amide bonds. The number of aryl methyl sites for hydroxylation is 2. The van der Waals surface area contributed by atoms with Gasteiger partial charge in [0.1, 0.15) is 12.4 Å². The first-order chi connectivity index (χ1) is 12.5. The Morgan fingerprint density at radius 3 is 2.58 bits per heavy atom. The minimum absolute atomic E-state index is 0.00387. The third-order valence-corrected chi connectivity index (χ3v) is 4.20. The van der Waals surface area contributed by atoms with Crippen molar-refractivity contribution in [3.05, 3.63) is 58.7 Å². The van der Waals surface area contributed by atoms with Crippen molar-refractivity contribution in [1.82, 2.24) is 0 Å². The zero-order valence-electron chi connectivity index (χ0n) is 15.1. The summed E-state index contributed by atoms with van der Waals surface area (Å²) in [6.07, 6.45) is -1.68. The Balaban J connectivity index is 2.27. The van der Waals surface area contributed by atoms with Gasteiger partial charge in [0.25, 0.3) is 11.6 Å². The van der Waals surface area contributed by atoms with Gasteiger partial charge in [-0.2, -0.15) is 0 Å². The predicted octanol–water partition coefficient (Wildman–Crippen LogP) is 5.81. The first kappa shape index (κ1) is 20.1. The fourth-order valence-electron chi connectivity index (χ4n) is 2.61. The van der Waals surface area contributed by atoms with Crippen molar-refractivity contribution in [1.29, 1.82) is 0 Å². The lowest BCUT2D eigenvalue weighted by Gasteiger charge is -2.18. The number of hydrogen-bond donors (Lipinski definition) is 1. The number of hydrogen-bond acceptors (Lipinski definition) is 3. The van der Waals surface area contributed by atoms with E-state index in [1.165, 1.54) is 11.6 Å². The lowest BCUT2D eigenvalue weighted by atomic mass is 10.1. The molecule has 0 aliphatic rings. The fourth-order valence-corrected chi connectivity index (χ4v) is 2.84. The largest absolute Gasteiger partial charge is 0.489 e. The van der Waals surface area contributed by atoms with E-state index in [0.29, 0.717) is 23.6 Å². The molecule has 0 radical (unpaired) electrons. The molecule has 140 valence electrons. The molecule has 0 aromatic heterocycles. The van der Waals surface area contributed by atoms with E-state index in [2.05, 4.69) is 12.2 Å². The maximum absolute atomic E-state index is 13.4. The smallest absolute Gasteiger partial charge is 0.264 e. The molecule has 0 atom stereocenters. The zero-order valence-corrected chi connectivity index (χ0v) is 16.0. The molecule has 0 heterocycles. The standard InChI is InChI=1S/C20H23F2NO2S/c1-4-14-9-10-18(13(3)11-14)25-12-16-15(19(21)22)7-6-8-17(16)23-20(26)24-5-2/h6-11,19H,4-5,12H2,1-3H3,(H,23,26). The molecule has 2 rings (SSSR count). The van der Waals surface area contributed by atoms with Crippen molar-refractivity contribution in [2.24, 2.45) is 0 Å². The summed E-state index contributed by atoms with van der Waals surface area (Å²) >= 11 is 5.07. The second kappa shape index (κ2) is 9.48. The molecule has 2 aromatic rings. The second-order valence-electron chi connectivity index (χ2n) is 5.76. The lowest BCUT2D eigenvalue weighted by Crippen LogP contribution is -2.16. The molecule has 0 bridgehead atoms. The minimum atomic E-state index is -2.61. The molecular weight excluding hydrogens is 356 g/mol. The molecule has 6 heteroatoms. The quantitative estimate of drug-likeness (QED) is 0.615. The average Bonchev–Trinajstić information content (AvgIpc) is 2.61. The van der Waals surface area contributed by atoms with Crippen molar-refractivity contribution in [3.63, 3.8) is 0 Å². The molecule has 0 unspecified atom stereocenters. The first-order valence-electron chi connectivity index (χ1n) is 8.52. The normalized spacial score (nSPS) is 10.7. The summed E-state index contributed by atoms with van der Waals surface area (Å²) in [6.45, 7) is 6.22. The van der Waals surface area contributed by atoms with Crippen molar-refractivity contribution in [2.75, 3.05) is 11.9 Å². The van der Waals surface area contributed by atoms with Crippen LogP contribution in [0.25, 0.3) is 0 Å². The van der Waals surface area contributed by atoms with Gasteiger partial charge in [0.2, 0.25) is 0 Å². The number of rotatable bonds is 7. The van der Waals surface area contributed by atoms with Gasteiger partial charge in [-0.1, -0.05) is 31.2 Å². The van der Waals surface area contributed by atoms with Crippen molar-refractivity contribution in [3.8, 4) is 5.75 Å². The fraction of sp³-hybridized carbons (Fsp3) is 0.350. The molecule has 2 aromatic carbocycles. The van der Waals surface area contributed by atoms with Crippen molar-refractivity contribution in [2.45, 2.75) is 40.2 Å². The number of halogens is 2. The molecule has 0 aliphatic heterocycles. The van der Waals surface area contributed by atoms with Crippen molar-refractivity contribution < 1.29 is 18.3 Å². The van der Waals surface area contributed by atoms with Crippen LogP contribution in [0, 0.1) is 6.92 Å². The van der Waals surface area contributed by atoms with Gasteiger partial charge in [-0.15, -0.1) is 0 Å². The Kier molecular flexibility index (Phi) is 7.33. The summed E-state index contributed by atoms with van der Waals surface area (Å²) in [6, 6.07) is 10.5. The summed E-state index contributed by atoms with van der Waals surface area (Å²) in [7, 11) is 0. The Hall–Kier alpha value is -2.21. The minimum Gasteiger partial charge on any atom is -0.489 e. The van der Waals surface area contributed by atoms with Crippen molar-refractivity contribution >= 4 is 23.1 Å². The monoisotopic (exact) mass is 379 g/mol. The van der Waals surface area contributed by atoms with E-state index < -0.39 is 6.43 Å². The van der Waals surface area contributed by atoms with Gasteiger partial charge >= 0.3 is 0 Å². The molecular formula is C20H23F2NO2S. The number of ether oxygens (including phenoxy) is 2. The van der Waals surface area contributed by atoms with E-state index in [-0.39, 0.29) is 17.3 Å². The van der Waals surface area contributed by atoms with E-state index in [1.807, 2.05) is 25.1 Å². The molecule has 3 nitrogen and oxygen atoms in total. The average molecular weight is 379 g/mol. The number of nitrogens with one attached hydrogen (secondary N) is 1. The number of anilines is 1. The number of thiocarbonyl (C=S) groups is 1. The Morgan fingerprint density at radius 2 is 1.96 bits per heavy atom. The van der Waals surface area contributed by atoms with Crippen LogP contribution >= 0.6 is 12.2 Å². The summed E-state index contributed by atoms with van der Waals surface area (Å²) < 4.78 is 37.9. The van der Waals surface area contributed by atoms with Gasteiger partial charge in [-0.25, -0.2) is 8.78 Å². The summed E-state index contributed by atoms with van der Waals surface area (Å²) in [5.41, 5.74) is 2.91. The Bertz CT molecular complexity index is 765.